The van der Waals surface area contributed by atoms with E-state index in [2.05, 4.69) is 15.4 Å². The lowest BCUT2D eigenvalue weighted by atomic mass is 9.92. The molecule has 2 aliphatic rings. The molecule has 10 nitrogen and oxygen atoms in total. The summed E-state index contributed by atoms with van der Waals surface area (Å²) in [6, 6.07) is 11.9. The minimum atomic E-state index is -3.48. The molecule has 194 valence electrons. The second kappa shape index (κ2) is 10.1. The minimum absolute atomic E-state index is 0.0123. The van der Waals surface area contributed by atoms with E-state index in [0.29, 0.717) is 49.1 Å². The fraction of sp³-hybridized carbons (Fsp3) is 0.385. The van der Waals surface area contributed by atoms with Crippen molar-refractivity contribution in [1.29, 1.82) is 0 Å². The molecule has 5 rings (SSSR count). The highest BCUT2D eigenvalue weighted by Gasteiger charge is 2.37. The van der Waals surface area contributed by atoms with Crippen molar-refractivity contribution in [2.45, 2.75) is 17.7 Å². The number of nitrogens with one attached hydrogen (secondary N) is 1. The smallest absolute Gasteiger partial charge is 0.253 e. The second-order valence-electron chi connectivity index (χ2n) is 9.87. The van der Waals surface area contributed by atoms with Crippen LogP contribution in [0.5, 0.6) is 0 Å². The molecule has 0 radical (unpaired) electrons. The molecule has 2 aromatic carbocycles. The van der Waals surface area contributed by atoms with Gasteiger partial charge in [-0.3, -0.25) is 14.7 Å². The summed E-state index contributed by atoms with van der Waals surface area (Å²) in [7, 11) is -0.498. The van der Waals surface area contributed by atoms with Crippen molar-refractivity contribution in [2.75, 3.05) is 40.3 Å². The van der Waals surface area contributed by atoms with Gasteiger partial charge in [0.15, 0.2) is 0 Å². The summed E-state index contributed by atoms with van der Waals surface area (Å²) in [5.74, 6) is 0.692. The maximum absolute atomic E-state index is 13.1. The van der Waals surface area contributed by atoms with E-state index in [9.17, 15) is 18.0 Å². The lowest BCUT2D eigenvalue weighted by Crippen LogP contribution is -2.33. The van der Waals surface area contributed by atoms with Crippen molar-refractivity contribution in [1.82, 2.24) is 29.5 Å². The van der Waals surface area contributed by atoms with Gasteiger partial charge in [-0.1, -0.05) is 17.3 Å². The molecule has 0 spiro atoms. The number of carbonyl (C=O) groups is 2. The van der Waals surface area contributed by atoms with Gasteiger partial charge in [0.2, 0.25) is 15.9 Å². The van der Waals surface area contributed by atoms with Gasteiger partial charge >= 0.3 is 0 Å². The molecule has 0 aliphatic carbocycles. The Bertz CT molecular complexity index is 1430. The highest BCUT2D eigenvalue weighted by atomic mass is 32.2. The van der Waals surface area contributed by atoms with Crippen molar-refractivity contribution in [3.63, 3.8) is 0 Å². The Morgan fingerprint density at radius 3 is 2.32 bits per heavy atom. The van der Waals surface area contributed by atoms with Crippen molar-refractivity contribution in [2.24, 2.45) is 11.8 Å². The van der Waals surface area contributed by atoms with Crippen molar-refractivity contribution in [3.8, 4) is 0 Å². The van der Waals surface area contributed by atoms with E-state index in [1.54, 1.807) is 48.6 Å². The topological polar surface area (TPSA) is 120 Å². The lowest BCUT2D eigenvalue weighted by Gasteiger charge is -2.21. The molecule has 0 unspecified atom stereocenters. The van der Waals surface area contributed by atoms with Gasteiger partial charge in [-0.15, -0.1) is 5.10 Å². The molecule has 3 aromatic rings. The summed E-state index contributed by atoms with van der Waals surface area (Å²) in [5, 5.41) is 10.6. The Kier molecular flexibility index (Phi) is 6.82. The summed E-state index contributed by atoms with van der Waals surface area (Å²) in [4.78, 5) is 30.0. The average molecular weight is 523 g/mol. The van der Waals surface area contributed by atoms with Gasteiger partial charge in [-0.05, 0) is 66.6 Å². The SMILES string of the molecule is CN(C)S(=O)(=O)c1ccc(/C=C/C(=O)N2CC[C@@H]3CN(C(=O)c4ccc5[nH]nnc5c4)C[C@@H]3CC2)cc1. The average Bonchev–Trinajstić information content (AvgIpc) is 3.49. The number of nitrogens with zero attached hydrogens (tertiary/aromatic N) is 5. The van der Waals surface area contributed by atoms with Crippen LogP contribution in [0.15, 0.2) is 53.4 Å². The lowest BCUT2D eigenvalue weighted by molar-refractivity contribution is -0.126. The number of carbonyl (C=O) groups excluding carboxylic acids is 2. The number of hydrogen-bond donors (Lipinski definition) is 1. The standard InChI is InChI=1S/C26H30N6O4S/c1-30(2)37(35,36)22-7-3-18(4-8-22)5-10-25(33)31-13-11-20-16-32(17-21(20)12-14-31)26(34)19-6-9-23-24(15-19)28-29-27-23/h3-10,15,20-21H,11-14,16-17H2,1-2H3,(H,27,28,29)/b10-5+/t20-,21+. The highest BCUT2D eigenvalue weighted by molar-refractivity contribution is 7.89. The van der Waals surface area contributed by atoms with E-state index in [0.717, 1.165) is 23.9 Å². The summed E-state index contributed by atoms with van der Waals surface area (Å²) in [6.07, 6.45) is 4.97. The van der Waals surface area contributed by atoms with E-state index in [1.807, 2.05) is 15.9 Å². The van der Waals surface area contributed by atoms with Crippen LogP contribution in [0.3, 0.4) is 0 Å². The van der Waals surface area contributed by atoms with Crippen LogP contribution in [-0.2, 0) is 14.8 Å². The minimum Gasteiger partial charge on any atom is -0.339 e. The molecule has 2 fully saturated rings. The fourth-order valence-electron chi connectivity index (χ4n) is 5.13. The molecule has 0 bridgehead atoms. The number of hydrogen-bond acceptors (Lipinski definition) is 6. The van der Waals surface area contributed by atoms with Crippen LogP contribution in [0.4, 0.5) is 0 Å². The van der Waals surface area contributed by atoms with Crippen molar-refractivity contribution in [3.05, 3.63) is 59.7 Å². The van der Waals surface area contributed by atoms with Gasteiger partial charge in [0.25, 0.3) is 5.91 Å². The zero-order valence-corrected chi connectivity index (χ0v) is 21.7. The Balaban J connectivity index is 1.16. The van der Waals surface area contributed by atoms with Crippen LogP contribution >= 0.6 is 0 Å². The Morgan fingerprint density at radius 2 is 1.68 bits per heavy atom. The number of aromatic amines is 1. The number of sulfonamides is 1. The third-order valence-corrected chi connectivity index (χ3v) is 9.19. The third kappa shape index (κ3) is 5.14. The largest absolute Gasteiger partial charge is 0.339 e. The number of amides is 2. The molecule has 3 heterocycles. The molecule has 2 saturated heterocycles. The molecule has 11 heteroatoms. The molecule has 37 heavy (non-hydrogen) atoms. The molecule has 2 atom stereocenters. The van der Waals surface area contributed by atoms with Gasteiger partial charge < -0.3 is 9.80 Å². The second-order valence-corrected chi connectivity index (χ2v) is 12.0. The first-order valence-electron chi connectivity index (χ1n) is 12.3. The maximum atomic E-state index is 13.1. The van der Waals surface area contributed by atoms with E-state index in [4.69, 9.17) is 0 Å². The number of fused-ring (bicyclic) bond motifs is 2. The molecular formula is C26H30N6O4S. The Hall–Kier alpha value is -3.57. The maximum Gasteiger partial charge on any atom is 0.253 e. The predicted octanol–water partition coefficient (Wildman–Crippen LogP) is 2.23. The first-order chi connectivity index (χ1) is 17.7. The van der Waals surface area contributed by atoms with Gasteiger partial charge in [-0.25, -0.2) is 12.7 Å². The van der Waals surface area contributed by atoms with Crippen LogP contribution in [-0.4, -0.2) is 90.0 Å². The zero-order chi connectivity index (χ0) is 26.2. The van der Waals surface area contributed by atoms with Crippen LogP contribution in [0.1, 0.15) is 28.8 Å². The van der Waals surface area contributed by atoms with Gasteiger partial charge in [0.1, 0.15) is 5.52 Å². The molecule has 1 N–H and O–H groups in total. The van der Waals surface area contributed by atoms with Gasteiger partial charge in [-0.2, -0.15) is 0 Å². The van der Waals surface area contributed by atoms with Gasteiger partial charge in [0, 0.05) is 51.9 Å². The van der Waals surface area contributed by atoms with Crippen LogP contribution < -0.4 is 0 Å². The van der Waals surface area contributed by atoms with E-state index in [1.165, 1.54) is 18.4 Å². The summed E-state index contributed by atoms with van der Waals surface area (Å²) in [6.45, 7) is 2.69. The summed E-state index contributed by atoms with van der Waals surface area (Å²) in [5.41, 5.74) is 2.86. The zero-order valence-electron chi connectivity index (χ0n) is 20.9. The summed E-state index contributed by atoms with van der Waals surface area (Å²) < 4.78 is 25.6. The van der Waals surface area contributed by atoms with E-state index >= 15 is 0 Å². The van der Waals surface area contributed by atoms with Crippen LogP contribution in [0.25, 0.3) is 17.1 Å². The highest BCUT2D eigenvalue weighted by Crippen LogP contribution is 2.33. The van der Waals surface area contributed by atoms with Gasteiger partial charge in [0.05, 0.1) is 10.4 Å². The first kappa shape index (κ1) is 25.1. The van der Waals surface area contributed by atoms with E-state index in [-0.39, 0.29) is 16.7 Å². The monoisotopic (exact) mass is 522 g/mol. The first-order valence-corrected chi connectivity index (χ1v) is 13.8. The number of rotatable bonds is 5. The van der Waals surface area contributed by atoms with E-state index < -0.39 is 10.0 Å². The van der Waals surface area contributed by atoms with Crippen molar-refractivity contribution < 1.29 is 18.0 Å². The molecule has 0 saturated carbocycles. The third-order valence-electron chi connectivity index (χ3n) is 7.36. The fourth-order valence-corrected chi connectivity index (χ4v) is 6.03. The molecule has 1 aromatic heterocycles. The summed E-state index contributed by atoms with van der Waals surface area (Å²) >= 11 is 0. The van der Waals surface area contributed by atoms with Crippen LogP contribution in [0, 0.1) is 11.8 Å². The quantitative estimate of drug-likeness (QED) is 0.513. The number of likely N-dealkylation sites (tertiary alicyclic amines) is 2. The predicted molar refractivity (Wildman–Crippen MR) is 139 cm³/mol. The Morgan fingerprint density at radius 1 is 1.00 bits per heavy atom. The Labute approximate surface area is 216 Å². The van der Waals surface area contributed by atoms with Crippen molar-refractivity contribution >= 4 is 38.9 Å². The van der Waals surface area contributed by atoms with Crippen LogP contribution in [0.2, 0.25) is 0 Å². The number of benzene rings is 2. The molecule has 2 amide bonds. The normalized spacial score (nSPS) is 20.5. The molecule has 2 aliphatic heterocycles. The number of H-pyrrole nitrogens is 1. The number of aromatic nitrogens is 3. The molecular weight excluding hydrogens is 492 g/mol.